The Morgan fingerprint density at radius 1 is 0.826 bits per heavy atom. The van der Waals surface area contributed by atoms with Gasteiger partial charge in [0, 0.05) is 10.8 Å². The van der Waals surface area contributed by atoms with Gasteiger partial charge in [-0.05, 0) is 37.8 Å². The summed E-state index contributed by atoms with van der Waals surface area (Å²) < 4.78 is 62.9. The van der Waals surface area contributed by atoms with Crippen LogP contribution in [-0.4, -0.2) is 8.32 Å². The highest BCUT2D eigenvalue weighted by atomic mass is 28.4. The van der Waals surface area contributed by atoms with Crippen LogP contribution in [-0.2, 0) is 10.0 Å². The number of benzene rings is 1. The van der Waals surface area contributed by atoms with Crippen LogP contribution in [0.4, 0.5) is 17.6 Å². The smallest absolute Gasteiger partial charge is 0.229 e. The Labute approximate surface area is 136 Å². The number of fused-ring (bicyclic) bond motifs is 1. The molecule has 0 unspecified atom stereocenters. The Bertz CT molecular complexity index is 616. The topological polar surface area (TPSA) is 9.23 Å². The molecule has 2 rings (SSSR count). The highest BCUT2D eigenvalue weighted by Crippen LogP contribution is 2.44. The zero-order valence-electron chi connectivity index (χ0n) is 14.5. The fourth-order valence-electron chi connectivity index (χ4n) is 3.91. The van der Waals surface area contributed by atoms with Crippen molar-refractivity contribution in [1.82, 2.24) is 0 Å². The highest BCUT2D eigenvalue weighted by Gasteiger charge is 2.56. The van der Waals surface area contributed by atoms with Crippen LogP contribution < -0.4 is 5.19 Å². The van der Waals surface area contributed by atoms with E-state index in [1.807, 2.05) is 27.7 Å². The minimum absolute atomic E-state index is 0.0127. The van der Waals surface area contributed by atoms with Gasteiger partial charge in [0.05, 0.1) is 5.60 Å². The van der Waals surface area contributed by atoms with Crippen molar-refractivity contribution in [3.63, 3.8) is 0 Å². The van der Waals surface area contributed by atoms with E-state index in [1.54, 1.807) is 13.8 Å². The third kappa shape index (κ3) is 2.95. The van der Waals surface area contributed by atoms with Gasteiger partial charge in [-0.25, -0.2) is 17.6 Å². The quantitative estimate of drug-likeness (QED) is 0.323. The summed E-state index contributed by atoms with van der Waals surface area (Å²) in [5.74, 6) is -5.71. The zero-order chi connectivity index (χ0) is 17.7. The van der Waals surface area contributed by atoms with Gasteiger partial charge in [0.1, 0.15) is 0 Å². The van der Waals surface area contributed by atoms with Crippen LogP contribution in [0.5, 0.6) is 0 Å². The molecule has 1 aromatic carbocycles. The molecule has 0 bridgehead atoms. The summed E-state index contributed by atoms with van der Waals surface area (Å²) in [6, 6.07) is 1.09. The lowest BCUT2D eigenvalue weighted by atomic mass is 9.97. The van der Waals surface area contributed by atoms with E-state index in [1.165, 1.54) is 0 Å². The molecule has 0 fully saturated rings. The fourth-order valence-corrected chi connectivity index (χ4v) is 9.84. The molecular formula is C17H24F4OSi. The maximum atomic E-state index is 14.7. The van der Waals surface area contributed by atoms with E-state index in [-0.39, 0.29) is 22.6 Å². The third-order valence-electron chi connectivity index (χ3n) is 4.25. The number of rotatable bonds is 4. The van der Waals surface area contributed by atoms with E-state index in [4.69, 9.17) is 4.43 Å². The first-order chi connectivity index (χ1) is 10.4. The van der Waals surface area contributed by atoms with E-state index < -0.39 is 37.2 Å². The van der Waals surface area contributed by atoms with Crippen molar-refractivity contribution in [2.45, 2.75) is 59.2 Å². The standard InChI is InChI=1S/C17H24F4OSi/c1-9(2)7-23(8-10(3)4)16-11(17(5,6)22-23)12(18)13(19)14(20)15(16)21/h9-10H,7-8H2,1-6H3. The van der Waals surface area contributed by atoms with Crippen molar-refractivity contribution >= 4 is 13.5 Å². The van der Waals surface area contributed by atoms with Crippen LogP contribution in [0.15, 0.2) is 0 Å². The first kappa shape index (κ1) is 18.5. The van der Waals surface area contributed by atoms with E-state index in [0.29, 0.717) is 12.1 Å². The largest absolute Gasteiger partial charge is 0.403 e. The molecular weight excluding hydrogens is 324 g/mol. The first-order valence-corrected chi connectivity index (χ1v) is 10.3. The summed E-state index contributed by atoms with van der Waals surface area (Å²) in [6.07, 6.45) is 0. The zero-order valence-corrected chi connectivity index (χ0v) is 15.5. The second-order valence-corrected chi connectivity index (χ2v) is 11.3. The minimum Gasteiger partial charge on any atom is -0.403 e. The summed E-state index contributed by atoms with van der Waals surface area (Å²) >= 11 is 0. The van der Waals surface area contributed by atoms with E-state index in [9.17, 15) is 17.6 Å². The second-order valence-electron chi connectivity index (χ2n) is 7.81. The Hall–Kier alpha value is -0.883. The van der Waals surface area contributed by atoms with Crippen molar-refractivity contribution in [3.05, 3.63) is 28.8 Å². The lowest BCUT2D eigenvalue weighted by Gasteiger charge is -2.33. The van der Waals surface area contributed by atoms with Gasteiger partial charge >= 0.3 is 0 Å². The van der Waals surface area contributed by atoms with Crippen molar-refractivity contribution in [2.75, 3.05) is 0 Å². The van der Waals surface area contributed by atoms with Gasteiger partial charge < -0.3 is 4.43 Å². The SMILES string of the molecule is CC(C)C[Si]1(CC(C)C)OC(C)(C)c2c(F)c(F)c(F)c(F)c21. The Kier molecular flexibility index (Phi) is 4.72. The Morgan fingerprint density at radius 3 is 1.70 bits per heavy atom. The Morgan fingerprint density at radius 2 is 1.26 bits per heavy atom. The monoisotopic (exact) mass is 348 g/mol. The van der Waals surface area contributed by atoms with Crippen LogP contribution in [0, 0.1) is 35.1 Å². The minimum atomic E-state index is -2.97. The maximum absolute atomic E-state index is 14.7. The van der Waals surface area contributed by atoms with Crippen LogP contribution >= 0.6 is 0 Å². The lowest BCUT2D eigenvalue weighted by Crippen LogP contribution is -2.51. The summed E-state index contributed by atoms with van der Waals surface area (Å²) in [6.45, 7) is 11.1. The molecule has 1 aliphatic rings. The number of halogens is 4. The van der Waals surface area contributed by atoms with Gasteiger partial charge in [0.15, 0.2) is 23.3 Å². The summed E-state index contributed by atoms with van der Waals surface area (Å²) in [4.78, 5) is 0. The molecule has 23 heavy (non-hydrogen) atoms. The molecule has 130 valence electrons. The highest BCUT2D eigenvalue weighted by molar-refractivity contribution is 6.88. The average Bonchev–Trinajstić information content (AvgIpc) is 2.59. The van der Waals surface area contributed by atoms with Crippen molar-refractivity contribution < 1.29 is 22.0 Å². The fraction of sp³-hybridized carbons (Fsp3) is 0.647. The molecule has 1 heterocycles. The third-order valence-corrected chi connectivity index (χ3v) is 9.48. The van der Waals surface area contributed by atoms with Gasteiger partial charge in [-0.1, -0.05) is 27.7 Å². The average molecular weight is 348 g/mol. The molecule has 0 N–H and O–H groups in total. The van der Waals surface area contributed by atoms with Gasteiger partial charge in [-0.2, -0.15) is 0 Å². The van der Waals surface area contributed by atoms with E-state index in [0.717, 1.165) is 0 Å². The van der Waals surface area contributed by atoms with Crippen LogP contribution in [0.3, 0.4) is 0 Å². The van der Waals surface area contributed by atoms with Gasteiger partial charge in [-0.15, -0.1) is 0 Å². The molecule has 0 saturated carbocycles. The molecule has 1 aromatic rings. The molecule has 0 spiro atoms. The van der Waals surface area contributed by atoms with Crippen molar-refractivity contribution in [1.29, 1.82) is 0 Å². The summed E-state index contributed by atoms with van der Waals surface area (Å²) in [7, 11) is -2.97. The van der Waals surface area contributed by atoms with E-state index >= 15 is 0 Å². The first-order valence-electron chi connectivity index (χ1n) is 8.00. The van der Waals surface area contributed by atoms with Crippen LogP contribution in [0.2, 0.25) is 12.1 Å². The molecule has 0 radical (unpaired) electrons. The molecule has 0 atom stereocenters. The number of hydrogen-bond acceptors (Lipinski definition) is 1. The van der Waals surface area contributed by atoms with E-state index in [2.05, 4.69) is 0 Å². The van der Waals surface area contributed by atoms with Gasteiger partial charge in [0.2, 0.25) is 8.32 Å². The molecule has 1 aliphatic heterocycles. The maximum Gasteiger partial charge on any atom is 0.229 e. The predicted octanol–water partition coefficient (Wildman–Crippen LogP) is 4.97. The molecule has 0 amide bonds. The van der Waals surface area contributed by atoms with Gasteiger partial charge in [0.25, 0.3) is 0 Å². The normalized spacial score (nSPS) is 18.8. The summed E-state index contributed by atoms with van der Waals surface area (Å²) in [5, 5.41) is -0.0127. The molecule has 1 nitrogen and oxygen atoms in total. The number of hydrogen-bond donors (Lipinski definition) is 0. The summed E-state index contributed by atoms with van der Waals surface area (Å²) in [5.41, 5.74) is -1.30. The molecule has 0 aliphatic carbocycles. The van der Waals surface area contributed by atoms with Gasteiger partial charge in [-0.3, -0.25) is 0 Å². The Balaban J connectivity index is 2.82. The van der Waals surface area contributed by atoms with Crippen LogP contribution in [0.25, 0.3) is 0 Å². The molecule has 6 heteroatoms. The molecule has 0 saturated heterocycles. The second kappa shape index (κ2) is 5.88. The van der Waals surface area contributed by atoms with Crippen LogP contribution in [0.1, 0.15) is 47.1 Å². The van der Waals surface area contributed by atoms with Crippen molar-refractivity contribution in [2.24, 2.45) is 11.8 Å². The van der Waals surface area contributed by atoms with Crippen molar-refractivity contribution in [3.8, 4) is 0 Å². The molecule has 0 aromatic heterocycles. The predicted molar refractivity (Wildman–Crippen MR) is 85.1 cm³/mol. The lowest BCUT2D eigenvalue weighted by molar-refractivity contribution is 0.105.